The van der Waals surface area contributed by atoms with Crippen LogP contribution in [0.2, 0.25) is 0 Å². The topological polar surface area (TPSA) is 65.2 Å². The molecule has 0 atom stereocenters. The molecule has 72 valence electrons. The van der Waals surface area contributed by atoms with Crippen molar-refractivity contribution >= 4 is 5.97 Å². The Morgan fingerprint density at radius 1 is 1.46 bits per heavy atom. The van der Waals surface area contributed by atoms with Gasteiger partial charge in [-0.1, -0.05) is 0 Å². The van der Waals surface area contributed by atoms with E-state index in [9.17, 15) is 4.79 Å². The van der Waals surface area contributed by atoms with Crippen molar-refractivity contribution in [2.24, 2.45) is 0 Å². The maximum atomic E-state index is 11.3. The maximum Gasteiger partial charge on any atom is 0.380 e. The smallest absolute Gasteiger partial charge is 0.380 e. The summed E-state index contributed by atoms with van der Waals surface area (Å²) >= 11 is 0. The Morgan fingerprint density at radius 3 is 2.46 bits per heavy atom. The Balaban J connectivity index is 2.70. The predicted octanol–water partition coefficient (Wildman–Crippen LogP) is 1.33. The Labute approximate surface area is 76.1 Å². The zero-order chi connectivity index (χ0) is 10.1. The highest BCUT2D eigenvalue weighted by Gasteiger charge is 2.21. The Bertz CT molecular complexity index is 311. The fourth-order valence-electron chi connectivity index (χ4n) is 0.706. The second kappa shape index (κ2) is 3.16. The molecule has 1 aromatic rings. The number of aryl methyl sites for hydroxylation is 1. The molecule has 0 fully saturated rings. The number of carbonyl (C=O) groups is 1. The van der Waals surface area contributed by atoms with Crippen LogP contribution in [0.4, 0.5) is 0 Å². The fourth-order valence-corrected chi connectivity index (χ4v) is 0.706. The van der Waals surface area contributed by atoms with Gasteiger partial charge in [0, 0.05) is 6.92 Å². The highest BCUT2D eigenvalue weighted by molar-refractivity contribution is 5.85. The van der Waals surface area contributed by atoms with E-state index in [1.165, 1.54) is 0 Å². The van der Waals surface area contributed by atoms with E-state index in [4.69, 9.17) is 4.74 Å². The van der Waals surface area contributed by atoms with E-state index < -0.39 is 11.6 Å². The minimum atomic E-state index is -0.565. The number of hydrogen-bond donors (Lipinski definition) is 0. The molecule has 1 heterocycles. The van der Waals surface area contributed by atoms with Crippen molar-refractivity contribution in [1.82, 2.24) is 10.1 Å². The minimum Gasteiger partial charge on any atom is -0.454 e. The third-order valence-corrected chi connectivity index (χ3v) is 1.11. The van der Waals surface area contributed by atoms with E-state index in [1.807, 2.05) is 0 Å². The second-order valence-electron chi connectivity index (χ2n) is 3.64. The molecule has 5 nitrogen and oxygen atoms in total. The number of hydrogen-bond acceptors (Lipinski definition) is 5. The number of nitrogens with zero attached hydrogens (tertiary/aromatic N) is 2. The number of esters is 1. The van der Waals surface area contributed by atoms with Crippen LogP contribution in [-0.2, 0) is 4.74 Å². The molecular weight excluding hydrogens is 172 g/mol. The first-order valence-electron chi connectivity index (χ1n) is 3.92. The van der Waals surface area contributed by atoms with Gasteiger partial charge in [-0.3, -0.25) is 0 Å². The van der Waals surface area contributed by atoms with Gasteiger partial charge in [-0.15, -0.1) is 0 Å². The van der Waals surface area contributed by atoms with Gasteiger partial charge in [0.1, 0.15) is 5.60 Å². The first-order valence-corrected chi connectivity index (χ1v) is 3.92. The minimum absolute atomic E-state index is 0.0348. The number of ether oxygens (including phenoxy) is 1. The van der Waals surface area contributed by atoms with Crippen molar-refractivity contribution in [3.8, 4) is 0 Å². The average molecular weight is 184 g/mol. The molecule has 0 radical (unpaired) electrons. The average Bonchev–Trinajstić information content (AvgIpc) is 2.31. The van der Waals surface area contributed by atoms with Crippen LogP contribution in [0.15, 0.2) is 4.52 Å². The molecule has 0 aromatic carbocycles. The van der Waals surface area contributed by atoms with Crippen LogP contribution < -0.4 is 0 Å². The lowest BCUT2D eigenvalue weighted by Gasteiger charge is -2.17. The van der Waals surface area contributed by atoms with Crippen LogP contribution in [0.25, 0.3) is 0 Å². The first kappa shape index (κ1) is 9.70. The number of aromatic nitrogens is 2. The third-order valence-electron chi connectivity index (χ3n) is 1.11. The molecule has 0 aliphatic carbocycles. The molecule has 0 N–H and O–H groups in total. The summed E-state index contributed by atoms with van der Waals surface area (Å²) < 4.78 is 9.65. The highest BCUT2D eigenvalue weighted by Crippen LogP contribution is 2.09. The first-order chi connectivity index (χ1) is 5.88. The van der Waals surface area contributed by atoms with Crippen molar-refractivity contribution in [2.75, 3.05) is 0 Å². The molecule has 0 amide bonds. The van der Waals surface area contributed by atoms with Crippen LogP contribution in [0.3, 0.4) is 0 Å². The highest BCUT2D eigenvalue weighted by atomic mass is 16.6. The Morgan fingerprint density at radius 2 is 2.08 bits per heavy atom. The van der Waals surface area contributed by atoms with Gasteiger partial charge in [0.15, 0.2) is 0 Å². The van der Waals surface area contributed by atoms with Crippen molar-refractivity contribution in [3.63, 3.8) is 0 Å². The van der Waals surface area contributed by atoms with Gasteiger partial charge in [0.25, 0.3) is 5.82 Å². The van der Waals surface area contributed by atoms with Crippen molar-refractivity contribution in [3.05, 3.63) is 11.7 Å². The van der Waals surface area contributed by atoms with Crippen LogP contribution in [0.1, 0.15) is 37.3 Å². The summed E-state index contributed by atoms with van der Waals surface area (Å²) in [5, 5.41) is 3.44. The van der Waals surface area contributed by atoms with E-state index >= 15 is 0 Å². The van der Waals surface area contributed by atoms with Gasteiger partial charge in [-0.2, -0.15) is 4.98 Å². The van der Waals surface area contributed by atoms with E-state index in [0.717, 1.165) is 0 Å². The second-order valence-corrected chi connectivity index (χ2v) is 3.64. The monoisotopic (exact) mass is 184 g/mol. The van der Waals surface area contributed by atoms with Crippen LogP contribution in [-0.4, -0.2) is 21.7 Å². The molecule has 0 aliphatic heterocycles. The zero-order valence-electron chi connectivity index (χ0n) is 8.12. The standard InChI is InChI=1S/C8H12N2O3/c1-5-9-6(10-13-5)7(11)12-8(2,3)4/h1-4H3. The Hall–Kier alpha value is -1.39. The van der Waals surface area contributed by atoms with Gasteiger partial charge in [0.2, 0.25) is 5.89 Å². The molecule has 0 saturated heterocycles. The van der Waals surface area contributed by atoms with E-state index in [0.29, 0.717) is 5.89 Å². The molecule has 13 heavy (non-hydrogen) atoms. The lowest BCUT2D eigenvalue weighted by atomic mass is 10.2. The zero-order valence-corrected chi connectivity index (χ0v) is 8.12. The molecule has 0 unspecified atom stereocenters. The summed E-state index contributed by atoms with van der Waals surface area (Å²) in [4.78, 5) is 15.0. The summed E-state index contributed by atoms with van der Waals surface area (Å²) in [6.45, 7) is 6.94. The molecular formula is C8H12N2O3. The number of rotatable bonds is 1. The summed E-state index contributed by atoms with van der Waals surface area (Å²) in [6.07, 6.45) is 0. The third kappa shape index (κ3) is 2.85. The summed E-state index contributed by atoms with van der Waals surface area (Å²) in [7, 11) is 0. The van der Waals surface area contributed by atoms with Gasteiger partial charge in [-0.25, -0.2) is 4.79 Å². The molecule has 1 rings (SSSR count). The normalized spacial score (nSPS) is 11.4. The molecule has 0 spiro atoms. The molecule has 0 bridgehead atoms. The SMILES string of the molecule is Cc1nc(C(=O)OC(C)(C)C)no1. The van der Waals surface area contributed by atoms with Crippen LogP contribution >= 0.6 is 0 Å². The number of carbonyl (C=O) groups excluding carboxylic acids is 1. The summed E-state index contributed by atoms with van der Waals surface area (Å²) in [5.41, 5.74) is -0.536. The fraction of sp³-hybridized carbons (Fsp3) is 0.625. The molecule has 5 heteroatoms. The van der Waals surface area contributed by atoms with E-state index in [2.05, 4.69) is 14.7 Å². The molecule has 0 saturated carbocycles. The van der Waals surface area contributed by atoms with Crippen molar-refractivity contribution in [2.45, 2.75) is 33.3 Å². The van der Waals surface area contributed by atoms with Crippen LogP contribution in [0, 0.1) is 6.92 Å². The Kier molecular flexibility index (Phi) is 2.36. The van der Waals surface area contributed by atoms with Crippen molar-refractivity contribution in [1.29, 1.82) is 0 Å². The van der Waals surface area contributed by atoms with Crippen molar-refractivity contribution < 1.29 is 14.1 Å². The largest absolute Gasteiger partial charge is 0.454 e. The lowest BCUT2D eigenvalue weighted by molar-refractivity contribution is 0.00528. The predicted molar refractivity (Wildman–Crippen MR) is 44.2 cm³/mol. The molecule has 1 aromatic heterocycles. The lowest BCUT2D eigenvalue weighted by Crippen LogP contribution is -2.24. The summed E-state index contributed by atoms with van der Waals surface area (Å²) in [5.74, 6) is -0.252. The van der Waals surface area contributed by atoms with E-state index in [1.54, 1.807) is 27.7 Å². The quantitative estimate of drug-likeness (QED) is 0.616. The van der Waals surface area contributed by atoms with Gasteiger partial charge in [-0.05, 0) is 25.9 Å². The maximum absolute atomic E-state index is 11.3. The van der Waals surface area contributed by atoms with Crippen LogP contribution in [0.5, 0.6) is 0 Å². The van der Waals surface area contributed by atoms with Gasteiger partial charge in [0.05, 0.1) is 0 Å². The van der Waals surface area contributed by atoms with Gasteiger partial charge >= 0.3 is 5.97 Å². The van der Waals surface area contributed by atoms with Gasteiger partial charge < -0.3 is 9.26 Å². The van der Waals surface area contributed by atoms with E-state index in [-0.39, 0.29) is 5.82 Å². The summed E-state index contributed by atoms with van der Waals surface area (Å²) in [6, 6.07) is 0. The molecule has 0 aliphatic rings.